The fourth-order valence-corrected chi connectivity index (χ4v) is 2.94. The van der Waals surface area contributed by atoms with E-state index < -0.39 is 10.1 Å². The Morgan fingerprint density at radius 3 is 2.47 bits per heavy atom. The molecule has 1 saturated heterocycles. The number of benzene rings is 1. The van der Waals surface area contributed by atoms with Gasteiger partial charge in [-0.2, -0.15) is 8.42 Å². The molecule has 104 valence electrons. The average molecular weight is 283 g/mol. The fraction of sp³-hybridized carbons (Fsp3) is 0.462. The van der Waals surface area contributed by atoms with E-state index >= 15 is 0 Å². The Morgan fingerprint density at radius 1 is 1.32 bits per heavy atom. The summed E-state index contributed by atoms with van der Waals surface area (Å²) in [6.07, 6.45) is 1.09. The van der Waals surface area contributed by atoms with Crippen LogP contribution < -0.4 is 0 Å². The van der Waals surface area contributed by atoms with Gasteiger partial charge in [0.15, 0.2) is 0 Å². The summed E-state index contributed by atoms with van der Waals surface area (Å²) in [6.45, 7) is 1.90. The number of carbonyl (C=O) groups excluding carboxylic acids is 1. The number of amides is 1. The van der Waals surface area contributed by atoms with Gasteiger partial charge < -0.3 is 4.90 Å². The van der Waals surface area contributed by atoms with E-state index in [1.54, 1.807) is 24.1 Å². The number of likely N-dealkylation sites (N-methyl/N-ethyl adjacent to an activating group) is 1. The minimum Gasteiger partial charge on any atom is -0.340 e. The molecule has 1 atom stereocenters. The van der Waals surface area contributed by atoms with Crippen molar-refractivity contribution in [3.8, 4) is 0 Å². The van der Waals surface area contributed by atoms with Crippen LogP contribution in [0, 0.1) is 6.92 Å². The van der Waals surface area contributed by atoms with E-state index in [0.29, 0.717) is 12.8 Å². The number of likely N-dealkylation sites (tertiary alicyclic amines) is 1. The molecule has 1 unspecified atom stereocenters. The molecule has 19 heavy (non-hydrogen) atoms. The molecule has 0 aliphatic carbocycles. The van der Waals surface area contributed by atoms with Crippen molar-refractivity contribution in [3.63, 3.8) is 0 Å². The first kappa shape index (κ1) is 14.0. The van der Waals surface area contributed by atoms with Crippen molar-refractivity contribution in [2.75, 3.05) is 13.7 Å². The minimum absolute atomic E-state index is 0.0124. The molecule has 2 rings (SSSR count). The second-order valence-electron chi connectivity index (χ2n) is 4.75. The van der Waals surface area contributed by atoms with Crippen molar-refractivity contribution in [3.05, 3.63) is 29.8 Å². The predicted octanol–water partition coefficient (Wildman–Crippen LogP) is 1.32. The van der Waals surface area contributed by atoms with Gasteiger partial charge in [0.25, 0.3) is 10.1 Å². The third-order valence-corrected chi connectivity index (χ3v) is 4.65. The summed E-state index contributed by atoms with van der Waals surface area (Å²) >= 11 is 0. The van der Waals surface area contributed by atoms with Crippen molar-refractivity contribution in [1.82, 2.24) is 4.90 Å². The van der Waals surface area contributed by atoms with Crippen molar-refractivity contribution in [2.24, 2.45) is 0 Å². The molecule has 5 nitrogen and oxygen atoms in total. The molecular weight excluding hydrogens is 266 g/mol. The molecule has 1 aliphatic rings. The van der Waals surface area contributed by atoms with Crippen LogP contribution in [0.5, 0.6) is 0 Å². The van der Waals surface area contributed by atoms with Gasteiger partial charge in [-0.05, 0) is 25.5 Å². The maximum Gasteiger partial charge on any atom is 0.297 e. The fourth-order valence-electron chi connectivity index (χ4n) is 2.00. The van der Waals surface area contributed by atoms with Crippen molar-refractivity contribution >= 4 is 16.0 Å². The highest BCUT2D eigenvalue weighted by molar-refractivity contribution is 7.86. The van der Waals surface area contributed by atoms with Gasteiger partial charge in [-0.15, -0.1) is 0 Å². The second-order valence-corrected chi connectivity index (χ2v) is 6.36. The van der Waals surface area contributed by atoms with Gasteiger partial charge in [0.2, 0.25) is 5.91 Å². The van der Waals surface area contributed by atoms with E-state index in [-0.39, 0.29) is 23.5 Å². The Balaban J connectivity index is 2.02. The Hall–Kier alpha value is -1.40. The zero-order chi connectivity index (χ0) is 14.0. The normalized spacial score (nSPS) is 20.0. The lowest BCUT2D eigenvalue weighted by Crippen LogP contribution is -2.33. The smallest absolute Gasteiger partial charge is 0.297 e. The third kappa shape index (κ3) is 3.13. The van der Waals surface area contributed by atoms with Crippen LogP contribution in [-0.2, 0) is 19.1 Å². The molecular formula is C13H17NO4S. The standard InChI is InChI=1S/C13H17NO4S/c1-10-3-6-12(7-4-10)19(16,17)18-9-11-5-8-13(15)14(11)2/h3-4,6-7,11H,5,8-9H2,1-2H3. The molecule has 1 aromatic rings. The summed E-state index contributed by atoms with van der Waals surface area (Å²) in [5.41, 5.74) is 0.986. The number of nitrogens with zero attached hydrogens (tertiary/aromatic N) is 1. The van der Waals surface area contributed by atoms with Crippen molar-refractivity contribution < 1.29 is 17.4 Å². The number of rotatable bonds is 4. The lowest BCUT2D eigenvalue weighted by Gasteiger charge is -2.19. The maximum atomic E-state index is 12.0. The molecule has 0 radical (unpaired) electrons. The monoisotopic (exact) mass is 283 g/mol. The summed E-state index contributed by atoms with van der Waals surface area (Å²) in [5, 5.41) is 0. The van der Waals surface area contributed by atoms with Crippen molar-refractivity contribution in [2.45, 2.75) is 30.7 Å². The van der Waals surface area contributed by atoms with Crippen LogP contribution in [0.1, 0.15) is 18.4 Å². The van der Waals surface area contributed by atoms with Crippen LogP contribution in [0.15, 0.2) is 29.2 Å². The highest BCUT2D eigenvalue weighted by atomic mass is 32.2. The van der Waals surface area contributed by atoms with Gasteiger partial charge >= 0.3 is 0 Å². The van der Waals surface area contributed by atoms with Crippen LogP contribution >= 0.6 is 0 Å². The molecule has 0 aromatic heterocycles. The Morgan fingerprint density at radius 2 is 1.95 bits per heavy atom. The molecule has 1 aliphatic heterocycles. The molecule has 1 heterocycles. The molecule has 0 bridgehead atoms. The lowest BCUT2D eigenvalue weighted by molar-refractivity contribution is -0.127. The van der Waals surface area contributed by atoms with Gasteiger partial charge in [-0.1, -0.05) is 17.7 Å². The summed E-state index contributed by atoms with van der Waals surface area (Å²) in [6, 6.07) is 6.33. The van der Waals surface area contributed by atoms with E-state index in [1.807, 2.05) is 6.92 Å². The van der Waals surface area contributed by atoms with Crippen LogP contribution in [0.3, 0.4) is 0 Å². The summed E-state index contributed by atoms with van der Waals surface area (Å²) in [5.74, 6) is 0.0290. The summed E-state index contributed by atoms with van der Waals surface area (Å²) in [4.78, 5) is 13.0. The topological polar surface area (TPSA) is 63.7 Å². The third-order valence-electron chi connectivity index (χ3n) is 3.36. The largest absolute Gasteiger partial charge is 0.340 e. The molecule has 0 saturated carbocycles. The zero-order valence-corrected chi connectivity index (χ0v) is 11.8. The molecule has 1 fully saturated rings. The number of carbonyl (C=O) groups is 1. The van der Waals surface area contributed by atoms with Gasteiger partial charge in [0.05, 0.1) is 17.5 Å². The van der Waals surface area contributed by atoms with Gasteiger partial charge in [-0.25, -0.2) is 0 Å². The van der Waals surface area contributed by atoms with Gasteiger partial charge in [0.1, 0.15) is 0 Å². The molecule has 1 aromatic carbocycles. The molecule has 0 spiro atoms. The Bertz CT molecular complexity index is 565. The predicted molar refractivity (Wildman–Crippen MR) is 70.1 cm³/mol. The number of hydrogen-bond donors (Lipinski definition) is 0. The van der Waals surface area contributed by atoms with Gasteiger partial charge in [0, 0.05) is 13.5 Å². The summed E-state index contributed by atoms with van der Waals surface area (Å²) < 4.78 is 29.0. The van der Waals surface area contributed by atoms with Crippen LogP contribution in [0.2, 0.25) is 0 Å². The first-order chi connectivity index (χ1) is 8.90. The quantitative estimate of drug-likeness (QED) is 0.782. The van der Waals surface area contributed by atoms with E-state index in [4.69, 9.17) is 4.18 Å². The van der Waals surface area contributed by atoms with Crippen LogP contribution in [-0.4, -0.2) is 38.9 Å². The second kappa shape index (κ2) is 5.30. The highest BCUT2D eigenvalue weighted by Crippen LogP contribution is 2.19. The lowest BCUT2D eigenvalue weighted by atomic mass is 10.2. The Kier molecular flexibility index (Phi) is 3.91. The number of hydrogen-bond acceptors (Lipinski definition) is 4. The minimum atomic E-state index is -3.74. The van der Waals surface area contributed by atoms with E-state index in [2.05, 4.69) is 0 Å². The van der Waals surface area contributed by atoms with E-state index in [1.165, 1.54) is 12.1 Å². The SMILES string of the molecule is Cc1ccc(S(=O)(=O)OCC2CCC(=O)N2C)cc1. The van der Waals surface area contributed by atoms with Gasteiger partial charge in [-0.3, -0.25) is 8.98 Å². The highest BCUT2D eigenvalue weighted by Gasteiger charge is 2.29. The first-order valence-electron chi connectivity index (χ1n) is 6.12. The van der Waals surface area contributed by atoms with E-state index in [0.717, 1.165) is 5.56 Å². The molecule has 6 heteroatoms. The maximum absolute atomic E-state index is 12.0. The van der Waals surface area contributed by atoms with Crippen molar-refractivity contribution in [1.29, 1.82) is 0 Å². The molecule has 0 N–H and O–H groups in total. The number of aryl methyl sites for hydroxylation is 1. The first-order valence-corrected chi connectivity index (χ1v) is 7.53. The van der Waals surface area contributed by atoms with Crippen LogP contribution in [0.4, 0.5) is 0 Å². The Labute approximate surface area is 113 Å². The average Bonchev–Trinajstić information content (AvgIpc) is 2.68. The molecule has 1 amide bonds. The van der Waals surface area contributed by atoms with E-state index in [9.17, 15) is 13.2 Å². The zero-order valence-electron chi connectivity index (χ0n) is 11.0. The van der Waals surface area contributed by atoms with Crippen LogP contribution in [0.25, 0.3) is 0 Å². The summed E-state index contributed by atoms with van der Waals surface area (Å²) in [7, 11) is -2.07.